The van der Waals surface area contributed by atoms with E-state index < -0.39 is 0 Å². The summed E-state index contributed by atoms with van der Waals surface area (Å²) in [4.78, 5) is 11.1. The van der Waals surface area contributed by atoms with Gasteiger partial charge in [0, 0.05) is 45.0 Å². The number of guanidine groups is 1. The van der Waals surface area contributed by atoms with Gasteiger partial charge >= 0.3 is 0 Å². The average molecular weight is 354 g/mol. The number of aromatic nitrogens is 1. The zero-order valence-electron chi connectivity index (χ0n) is 16.2. The maximum Gasteiger partial charge on any atom is 0.191 e. The Morgan fingerprint density at radius 2 is 1.85 bits per heavy atom. The fourth-order valence-electron chi connectivity index (χ4n) is 2.80. The van der Waals surface area contributed by atoms with Gasteiger partial charge in [0.15, 0.2) is 5.96 Å². The predicted molar refractivity (Wildman–Crippen MR) is 109 cm³/mol. The molecule has 0 saturated heterocycles. The van der Waals surface area contributed by atoms with Crippen LogP contribution in [-0.4, -0.2) is 42.5 Å². The topological polar surface area (TPSA) is 52.5 Å². The van der Waals surface area contributed by atoms with Gasteiger partial charge in [0.1, 0.15) is 0 Å². The molecule has 0 spiro atoms. The van der Waals surface area contributed by atoms with Gasteiger partial charge in [-0.1, -0.05) is 44.2 Å². The van der Waals surface area contributed by atoms with Crippen LogP contribution in [-0.2, 0) is 19.5 Å². The first-order valence-corrected chi connectivity index (χ1v) is 9.39. The molecule has 2 rings (SSSR count). The van der Waals surface area contributed by atoms with Crippen LogP contribution in [0.1, 0.15) is 30.7 Å². The number of benzene rings is 1. The Morgan fingerprint density at radius 3 is 2.54 bits per heavy atom. The number of hydrogen-bond acceptors (Lipinski definition) is 3. The Balaban J connectivity index is 1.80. The molecule has 1 aromatic heterocycles. The van der Waals surface area contributed by atoms with E-state index in [1.165, 1.54) is 11.1 Å². The lowest BCUT2D eigenvalue weighted by molar-refractivity contribution is 0.296. The van der Waals surface area contributed by atoms with Gasteiger partial charge in [0.05, 0.1) is 0 Å². The molecule has 0 bridgehead atoms. The molecule has 2 aromatic rings. The number of nitrogens with one attached hydrogen (secondary N) is 2. The van der Waals surface area contributed by atoms with Crippen molar-refractivity contribution in [2.45, 2.75) is 33.4 Å². The zero-order chi connectivity index (χ0) is 18.6. The number of rotatable bonds is 9. The second kappa shape index (κ2) is 11.3. The third kappa shape index (κ3) is 6.84. The number of nitrogens with zero attached hydrogens (tertiary/aromatic N) is 3. The molecule has 0 aliphatic rings. The van der Waals surface area contributed by atoms with E-state index in [9.17, 15) is 0 Å². The van der Waals surface area contributed by atoms with E-state index in [0.29, 0.717) is 0 Å². The average Bonchev–Trinajstić information content (AvgIpc) is 2.69. The summed E-state index contributed by atoms with van der Waals surface area (Å²) in [6, 6.07) is 14.7. The summed E-state index contributed by atoms with van der Waals surface area (Å²) in [5.74, 6) is 0.815. The molecule has 5 nitrogen and oxygen atoms in total. The highest BCUT2D eigenvalue weighted by Gasteiger charge is 2.03. The predicted octanol–water partition coefficient (Wildman–Crippen LogP) is 2.83. The largest absolute Gasteiger partial charge is 0.356 e. The van der Waals surface area contributed by atoms with Gasteiger partial charge in [-0.3, -0.25) is 14.9 Å². The van der Waals surface area contributed by atoms with Crippen LogP contribution in [0.15, 0.2) is 53.7 Å². The molecule has 0 aliphatic carbocycles. The summed E-state index contributed by atoms with van der Waals surface area (Å²) >= 11 is 0. The number of aliphatic imine (C=N–C) groups is 1. The van der Waals surface area contributed by atoms with Crippen molar-refractivity contribution in [2.75, 3.05) is 26.7 Å². The van der Waals surface area contributed by atoms with Gasteiger partial charge in [-0.2, -0.15) is 0 Å². The van der Waals surface area contributed by atoms with Crippen LogP contribution in [0.2, 0.25) is 0 Å². The Bertz CT molecular complexity index is 665. The lowest BCUT2D eigenvalue weighted by atomic mass is 10.1. The monoisotopic (exact) mass is 353 g/mol. The third-order valence-electron chi connectivity index (χ3n) is 4.38. The fraction of sp³-hybridized carbons (Fsp3) is 0.429. The highest BCUT2D eigenvalue weighted by molar-refractivity contribution is 5.79. The Morgan fingerprint density at radius 1 is 1.04 bits per heavy atom. The van der Waals surface area contributed by atoms with Crippen LogP contribution in [0.5, 0.6) is 0 Å². The summed E-state index contributed by atoms with van der Waals surface area (Å²) in [5, 5.41) is 6.73. The maximum absolute atomic E-state index is 4.34. The minimum atomic E-state index is 0.759. The van der Waals surface area contributed by atoms with E-state index in [4.69, 9.17) is 0 Å². The van der Waals surface area contributed by atoms with Crippen molar-refractivity contribution < 1.29 is 0 Å². The quantitative estimate of drug-likeness (QED) is 0.538. The molecular formula is C21H31N5. The van der Waals surface area contributed by atoms with Crippen LogP contribution < -0.4 is 10.6 Å². The standard InChI is InChI=1S/C21H31N5/c1-4-26(5-2)17-19-10-8-9-18(15-19)16-25-21(22-3)24-14-12-20-11-6-7-13-23-20/h6-11,13,15H,4-5,12,14,16-17H2,1-3H3,(H2,22,24,25). The van der Waals surface area contributed by atoms with Crippen LogP contribution in [0.25, 0.3) is 0 Å². The molecular weight excluding hydrogens is 322 g/mol. The minimum Gasteiger partial charge on any atom is -0.356 e. The first kappa shape index (κ1) is 19.9. The van der Waals surface area contributed by atoms with Gasteiger partial charge in [0.25, 0.3) is 0 Å². The van der Waals surface area contributed by atoms with Crippen molar-refractivity contribution in [1.82, 2.24) is 20.5 Å². The molecule has 1 heterocycles. The van der Waals surface area contributed by atoms with Crippen molar-refractivity contribution in [2.24, 2.45) is 4.99 Å². The molecule has 0 saturated carbocycles. The molecule has 0 radical (unpaired) electrons. The number of hydrogen-bond donors (Lipinski definition) is 2. The molecule has 2 N–H and O–H groups in total. The summed E-state index contributed by atoms with van der Waals surface area (Å²) in [6.45, 7) is 9.12. The fourth-order valence-corrected chi connectivity index (χ4v) is 2.80. The van der Waals surface area contributed by atoms with Crippen molar-refractivity contribution >= 4 is 5.96 Å². The molecule has 0 amide bonds. The molecule has 0 atom stereocenters. The van der Waals surface area contributed by atoms with Crippen LogP contribution in [0, 0.1) is 0 Å². The van der Waals surface area contributed by atoms with E-state index in [1.807, 2.05) is 24.4 Å². The highest BCUT2D eigenvalue weighted by Crippen LogP contribution is 2.08. The van der Waals surface area contributed by atoms with Gasteiger partial charge in [0.2, 0.25) is 0 Å². The van der Waals surface area contributed by atoms with E-state index >= 15 is 0 Å². The summed E-state index contributed by atoms with van der Waals surface area (Å²) < 4.78 is 0. The second-order valence-electron chi connectivity index (χ2n) is 6.20. The van der Waals surface area contributed by atoms with Gasteiger partial charge in [-0.25, -0.2) is 0 Å². The second-order valence-corrected chi connectivity index (χ2v) is 6.20. The molecule has 0 aliphatic heterocycles. The molecule has 0 fully saturated rings. The van der Waals surface area contributed by atoms with Crippen molar-refractivity contribution in [3.05, 3.63) is 65.5 Å². The lowest BCUT2D eigenvalue weighted by Gasteiger charge is -2.18. The first-order chi connectivity index (χ1) is 12.7. The van der Waals surface area contributed by atoms with Crippen molar-refractivity contribution in [3.8, 4) is 0 Å². The first-order valence-electron chi connectivity index (χ1n) is 9.39. The van der Waals surface area contributed by atoms with E-state index in [2.05, 4.69) is 63.6 Å². The molecule has 0 unspecified atom stereocenters. The van der Waals surface area contributed by atoms with Gasteiger partial charge in [-0.15, -0.1) is 0 Å². The zero-order valence-corrected chi connectivity index (χ0v) is 16.2. The van der Waals surface area contributed by atoms with Gasteiger partial charge < -0.3 is 10.6 Å². The van der Waals surface area contributed by atoms with Crippen LogP contribution in [0.4, 0.5) is 0 Å². The third-order valence-corrected chi connectivity index (χ3v) is 4.38. The Kier molecular flexibility index (Phi) is 8.63. The molecule has 5 heteroatoms. The van der Waals surface area contributed by atoms with Gasteiger partial charge in [-0.05, 0) is 36.3 Å². The molecule has 140 valence electrons. The normalized spacial score (nSPS) is 11.6. The lowest BCUT2D eigenvalue weighted by Crippen LogP contribution is -2.37. The summed E-state index contributed by atoms with van der Waals surface area (Å²) in [7, 11) is 1.80. The van der Waals surface area contributed by atoms with Crippen molar-refractivity contribution in [3.63, 3.8) is 0 Å². The SMILES string of the molecule is CCN(CC)Cc1cccc(CNC(=NC)NCCc2ccccn2)c1. The van der Waals surface area contributed by atoms with Crippen LogP contribution in [0.3, 0.4) is 0 Å². The van der Waals surface area contributed by atoms with E-state index in [0.717, 1.165) is 50.8 Å². The minimum absolute atomic E-state index is 0.759. The Hall–Kier alpha value is -2.40. The van der Waals surface area contributed by atoms with E-state index in [-0.39, 0.29) is 0 Å². The highest BCUT2D eigenvalue weighted by atomic mass is 15.2. The Labute approximate surface area is 157 Å². The van der Waals surface area contributed by atoms with Crippen molar-refractivity contribution in [1.29, 1.82) is 0 Å². The molecule has 26 heavy (non-hydrogen) atoms. The smallest absolute Gasteiger partial charge is 0.191 e. The summed E-state index contributed by atoms with van der Waals surface area (Å²) in [6.07, 6.45) is 2.70. The molecule has 1 aromatic carbocycles. The maximum atomic E-state index is 4.34. The number of pyridine rings is 1. The van der Waals surface area contributed by atoms with E-state index in [1.54, 1.807) is 7.05 Å². The summed E-state index contributed by atoms with van der Waals surface area (Å²) in [5.41, 5.74) is 3.70. The van der Waals surface area contributed by atoms with Crippen LogP contribution >= 0.6 is 0 Å².